The second-order valence-electron chi connectivity index (χ2n) is 5.56. The highest BCUT2D eigenvalue weighted by Gasteiger charge is 2.22. The predicted octanol–water partition coefficient (Wildman–Crippen LogP) is 3.95. The first-order valence-corrected chi connectivity index (χ1v) is 6.73. The van der Waals surface area contributed by atoms with Gasteiger partial charge in [0, 0.05) is 22.9 Å². The van der Waals surface area contributed by atoms with Crippen molar-refractivity contribution in [1.29, 1.82) is 0 Å². The lowest BCUT2D eigenvalue weighted by Gasteiger charge is -2.25. The van der Waals surface area contributed by atoms with Gasteiger partial charge in [0.05, 0.1) is 5.69 Å². The Balaban J connectivity index is 2.47. The Morgan fingerprint density at radius 3 is 2.55 bits per heavy atom. The topological polar surface area (TPSA) is 50.2 Å². The number of aromatic nitrogens is 1. The third-order valence-corrected chi connectivity index (χ3v) is 3.83. The van der Waals surface area contributed by atoms with E-state index >= 15 is 0 Å². The molecule has 0 aliphatic rings. The number of phenols is 1. The molecule has 0 atom stereocenters. The van der Waals surface area contributed by atoms with Crippen molar-refractivity contribution < 1.29 is 9.90 Å². The first-order valence-electron chi connectivity index (χ1n) is 6.73. The van der Waals surface area contributed by atoms with Crippen LogP contribution in [0.5, 0.6) is 5.75 Å². The maximum absolute atomic E-state index is 10.7. The van der Waals surface area contributed by atoms with E-state index in [0.717, 1.165) is 29.5 Å². The quantitative estimate of drug-likeness (QED) is 0.855. The van der Waals surface area contributed by atoms with E-state index in [1.165, 1.54) is 0 Å². The normalized spacial score (nSPS) is 11.3. The molecule has 0 aliphatic heterocycles. The first kappa shape index (κ1) is 14.3. The van der Waals surface area contributed by atoms with E-state index in [0.29, 0.717) is 11.3 Å². The van der Waals surface area contributed by atoms with Crippen LogP contribution in [0.25, 0.3) is 11.3 Å². The van der Waals surface area contributed by atoms with Gasteiger partial charge in [-0.3, -0.25) is 9.78 Å². The molecule has 20 heavy (non-hydrogen) atoms. The Kier molecular flexibility index (Phi) is 3.89. The molecule has 1 N–H and O–H groups in total. The molecule has 3 nitrogen and oxygen atoms in total. The Morgan fingerprint density at radius 1 is 1.25 bits per heavy atom. The van der Waals surface area contributed by atoms with Crippen molar-refractivity contribution in [2.24, 2.45) is 0 Å². The number of phenolic OH excluding ortho intramolecular Hbond substituents is 1. The number of benzene rings is 1. The van der Waals surface area contributed by atoms with Gasteiger partial charge in [0.1, 0.15) is 5.75 Å². The van der Waals surface area contributed by atoms with Gasteiger partial charge in [-0.25, -0.2) is 0 Å². The minimum atomic E-state index is -0.0944. The number of aldehydes is 1. The summed E-state index contributed by atoms with van der Waals surface area (Å²) in [6.07, 6.45) is 3.26. The molecule has 0 fully saturated rings. The molecule has 0 radical (unpaired) electrons. The predicted molar refractivity (Wildman–Crippen MR) is 80.0 cm³/mol. The lowest BCUT2D eigenvalue weighted by atomic mass is 9.81. The van der Waals surface area contributed by atoms with E-state index in [4.69, 9.17) is 0 Å². The van der Waals surface area contributed by atoms with Crippen LogP contribution in [0.2, 0.25) is 0 Å². The van der Waals surface area contributed by atoms with Gasteiger partial charge in [-0.15, -0.1) is 0 Å². The largest absolute Gasteiger partial charge is 0.508 e. The highest BCUT2D eigenvalue weighted by atomic mass is 16.3. The standard InChI is InChI=1S/C17H19NO2/c1-4-17(2,3)14-9-13(6-8-16(14)20)15-7-5-12(11-19)10-18-15/h5-11,20H,4H2,1-3H3. The summed E-state index contributed by atoms with van der Waals surface area (Å²) in [7, 11) is 0. The van der Waals surface area contributed by atoms with E-state index < -0.39 is 0 Å². The summed E-state index contributed by atoms with van der Waals surface area (Å²) < 4.78 is 0. The molecule has 0 unspecified atom stereocenters. The number of carbonyl (C=O) groups is 1. The number of pyridine rings is 1. The van der Waals surface area contributed by atoms with Crippen molar-refractivity contribution >= 4 is 6.29 Å². The van der Waals surface area contributed by atoms with E-state index in [2.05, 4.69) is 25.8 Å². The molecule has 0 spiro atoms. The van der Waals surface area contributed by atoms with Crippen LogP contribution < -0.4 is 0 Å². The molecule has 0 saturated heterocycles. The maximum Gasteiger partial charge on any atom is 0.151 e. The molecule has 0 saturated carbocycles. The summed E-state index contributed by atoms with van der Waals surface area (Å²) in [5.74, 6) is 0.310. The minimum absolute atomic E-state index is 0.0944. The second-order valence-corrected chi connectivity index (χ2v) is 5.56. The maximum atomic E-state index is 10.7. The average molecular weight is 269 g/mol. The molecule has 2 aromatic rings. The number of nitrogens with zero attached hydrogens (tertiary/aromatic N) is 1. The molecule has 0 amide bonds. The number of hydrogen-bond donors (Lipinski definition) is 1. The molecular formula is C17H19NO2. The molecule has 0 aliphatic carbocycles. The summed E-state index contributed by atoms with van der Waals surface area (Å²) >= 11 is 0. The lowest BCUT2D eigenvalue weighted by Crippen LogP contribution is -2.15. The lowest BCUT2D eigenvalue weighted by molar-refractivity contribution is 0.112. The van der Waals surface area contributed by atoms with Gasteiger partial charge in [0.15, 0.2) is 6.29 Å². The molecule has 104 valence electrons. The van der Waals surface area contributed by atoms with Gasteiger partial charge < -0.3 is 5.11 Å². The zero-order valence-electron chi connectivity index (χ0n) is 12.1. The summed E-state index contributed by atoms with van der Waals surface area (Å²) in [6.45, 7) is 6.31. The van der Waals surface area contributed by atoms with Crippen molar-refractivity contribution in [1.82, 2.24) is 4.98 Å². The second kappa shape index (κ2) is 5.45. The molecule has 1 aromatic carbocycles. The van der Waals surface area contributed by atoms with Gasteiger partial charge in [0.2, 0.25) is 0 Å². The van der Waals surface area contributed by atoms with Gasteiger partial charge in [0.25, 0.3) is 0 Å². The van der Waals surface area contributed by atoms with Crippen LogP contribution >= 0.6 is 0 Å². The Labute approximate surface area is 119 Å². The third kappa shape index (κ3) is 2.72. The molecule has 2 rings (SSSR count). The highest BCUT2D eigenvalue weighted by molar-refractivity contribution is 5.75. The van der Waals surface area contributed by atoms with E-state index in [1.54, 1.807) is 18.3 Å². The van der Waals surface area contributed by atoms with E-state index in [-0.39, 0.29) is 5.41 Å². The molecule has 1 aromatic heterocycles. The van der Waals surface area contributed by atoms with Gasteiger partial charge >= 0.3 is 0 Å². The van der Waals surface area contributed by atoms with Crippen LogP contribution in [-0.2, 0) is 5.41 Å². The van der Waals surface area contributed by atoms with Crippen LogP contribution in [0, 0.1) is 0 Å². The summed E-state index contributed by atoms with van der Waals surface area (Å²) in [5, 5.41) is 10.1. The third-order valence-electron chi connectivity index (χ3n) is 3.83. The van der Waals surface area contributed by atoms with Crippen LogP contribution in [0.1, 0.15) is 43.1 Å². The van der Waals surface area contributed by atoms with Crippen molar-refractivity contribution in [3.05, 3.63) is 47.7 Å². The zero-order valence-corrected chi connectivity index (χ0v) is 12.1. The number of carbonyl (C=O) groups excluding carboxylic acids is 1. The molecule has 1 heterocycles. The van der Waals surface area contributed by atoms with Gasteiger partial charge in [-0.05, 0) is 42.2 Å². The van der Waals surface area contributed by atoms with Crippen molar-refractivity contribution in [3.8, 4) is 17.0 Å². The monoisotopic (exact) mass is 269 g/mol. The van der Waals surface area contributed by atoms with E-state index in [1.807, 2.05) is 18.2 Å². The molecule has 0 bridgehead atoms. The SMILES string of the molecule is CCC(C)(C)c1cc(-c2ccc(C=O)cn2)ccc1O. The first-order chi connectivity index (χ1) is 9.47. The Morgan fingerprint density at radius 2 is 2.00 bits per heavy atom. The number of hydrogen-bond acceptors (Lipinski definition) is 3. The summed E-state index contributed by atoms with van der Waals surface area (Å²) in [6, 6.07) is 9.08. The number of rotatable bonds is 4. The van der Waals surface area contributed by atoms with E-state index in [9.17, 15) is 9.90 Å². The highest BCUT2D eigenvalue weighted by Crippen LogP contribution is 2.36. The van der Waals surface area contributed by atoms with Gasteiger partial charge in [-0.2, -0.15) is 0 Å². The molecule has 3 heteroatoms. The Hall–Kier alpha value is -2.16. The van der Waals surface area contributed by atoms with Crippen LogP contribution in [0.4, 0.5) is 0 Å². The van der Waals surface area contributed by atoms with Crippen LogP contribution in [0.3, 0.4) is 0 Å². The average Bonchev–Trinajstić information content (AvgIpc) is 2.47. The van der Waals surface area contributed by atoms with Crippen molar-refractivity contribution in [2.75, 3.05) is 0 Å². The van der Waals surface area contributed by atoms with Crippen molar-refractivity contribution in [2.45, 2.75) is 32.6 Å². The minimum Gasteiger partial charge on any atom is -0.508 e. The zero-order chi connectivity index (χ0) is 14.8. The molecular weight excluding hydrogens is 250 g/mol. The summed E-state index contributed by atoms with van der Waals surface area (Å²) in [4.78, 5) is 14.9. The van der Waals surface area contributed by atoms with Crippen LogP contribution in [-0.4, -0.2) is 16.4 Å². The van der Waals surface area contributed by atoms with Gasteiger partial charge in [-0.1, -0.05) is 20.8 Å². The van der Waals surface area contributed by atoms with Crippen LogP contribution in [0.15, 0.2) is 36.5 Å². The smallest absolute Gasteiger partial charge is 0.151 e. The fourth-order valence-corrected chi connectivity index (χ4v) is 2.07. The van der Waals surface area contributed by atoms with Crippen molar-refractivity contribution in [3.63, 3.8) is 0 Å². The fraction of sp³-hybridized carbons (Fsp3) is 0.294. The Bertz CT molecular complexity index is 615. The fourth-order valence-electron chi connectivity index (χ4n) is 2.07. The summed E-state index contributed by atoms with van der Waals surface area (Å²) in [5.41, 5.74) is 3.11. The number of aromatic hydroxyl groups is 1.